The fourth-order valence-corrected chi connectivity index (χ4v) is 2.03. The van der Waals surface area contributed by atoms with Crippen molar-refractivity contribution in [3.63, 3.8) is 0 Å². The Morgan fingerprint density at radius 3 is 2.83 bits per heavy atom. The average Bonchev–Trinajstić information content (AvgIpc) is 2.37. The van der Waals surface area contributed by atoms with Crippen molar-refractivity contribution in [1.82, 2.24) is 9.97 Å². The molecule has 0 aliphatic carbocycles. The SMILES string of the molecule is CN(C)c1ccncc1NCc1cccc(Br)n1. The van der Waals surface area contributed by atoms with E-state index in [0.717, 1.165) is 21.7 Å². The van der Waals surface area contributed by atoms with Gasteiger partial charge < -0.3 is 10.2 Å². The Balaban J connectivity index is 2.11. The molecule has 4 nitrogen and oxygen atoms in total. The summed E-state index contributed by atoms with van der Waals surface area (Å²) in [5.41, 5.74) is 3.10. The van der Waals surface area contributed by atoms with Crippen LogP contribution in [0.1, 0.15) is 5.69 Å². The maximum Gasteiger partial charge on any atom is 0.106 e. The van der Waals surface area contributed by atoms with Crippen LogP contribution in [0.2, 0.25) is 0 Å². The first-order valence-corrected chi connectivity index (χ1v) is 6.43. The highest BCUT2D eigenvalue weighted by molar-refractivity contribution is 9.10. The zero-order valence-corrected chi connectivity index (χ0v) is 12.0. The summed E-state index contributed by atoms with van der Waals surface area (Å²) in [7, 11) is 4.02. The molecule has 94 valence electrons. The largest absolute Gasteiger partial charge is 0.376 e. The Hall–Kier alpha value is -1.62. The molecule has 2 rings (SSSR count). The van der Waals surface area contributed by atoms with Crippen LogP contribution in [0.25, 0.3) is 0 Å². The third-order valence-electron chi connectivity index (χ3n) is 2.51. The molecule has 0 bridgehead atoms. The quantitative estimate of drug-likeness (QED) is 0.882. The molecule has 0 radical (unpaired) electrons. The van der Waals surface area contributed by atoms with Gasteiger partial charge in [-0.2, -0.15) is 0 Å². The minimum atomic E-state index is 0.673. The third kappa shape index (κ3) is 3.20. The second-order valence-electron chi connectivity index (χ2n) is 4.09. The fourth-order valence-electron chi connectivity index (χ4n) is 1.65. The molecule has 0 aliphatic heterocycles. The van der Waals surface area contributed by atoms with Crippen LogP contribution in [0.5, 0.6) is 0 Å². The van der Waals surface area contributed by atoms with E-state index < -0.39 is 0 Å². The maximum atomic E-state index is 4.38. The molecule has 0 fully saturated rings. The number of hydrogen-bond donors (Lipinski definition) is 1. The van der Waals surface area contributed by atoms with E-state index in [1.165, 1.54) is 0 Å². The molecule has 0 saturated carbocycles. The normalized spacial score (nSPS) is 10.2. The van der Waals surface area contributed by atoms with Gasteiger partial charge in [-0.3, -0.25) is 4.98 Å². The van der Waals surface area contributed by atoms with Gasteiger partial charge in [0.05, 0.1) is 29.8 Å². The Labute approximate surface area is 115 Å². The first-order valence-electron chi connectivity index (χ1n) is 5.63. The minimum absolute atomic E-state index is 0.673. The molecule has 0 aliphatic rings. The van der Waals surface area contributed by atoms with Gasteiger partial charge >= 0.3 is 0 Å². The minimum Gasteiger partial charge on any atom is -0.376 e. The number of anilines is 2. The van der Waals surface area contributed by atoms with E-state index in [4.69, 9.17) is 0 Å². The fraction of sp³-hybridized carbons (Fsp3) is 0.231. The van der Waals surface area contributed by atoms with Crippen molar-refractivity contribution in [1.29, 1.82) is 0 Å². The third-order valence-corrected chi connectivity index (χ3v) is 2.95. The lowest BCUT2D eigenvalue weighted by molar-refractivity contribution is 1.02. The summed E-state index contributed by atoms with van der Waals surface area (Å²) in [5.74, 6) is 0. The molecule has 2 heterocycles. The zero-order chi connectivity index (χ0) is 13.0. The van der Waals surface area contributed by atoms with Gasteiger partial charge in [0.1, 0.15) is 4.60 Å². The standard InChI is InChI=1S/C13H15BrN4/c1-18(2)12-6-7-15-9-11(12)16-8-10-4-3-5-13(14)17-10/h3-7,9,16H,8H2,1-2H3. The lowest BCUT2D eigenvalue weighted by atomic mass is 10.3. The lowest BCUT2D eigenvalue weighted by Gasteiger charge is -2.17. The second-order valence-corrected chi connectivity index (χ2v) is 4.90. The molecule has 18 heavy (non-hydrogen) atoms. The summed E-state index contributed by atoms with van der Waals surface area (Å²) >= 11 is 3.37. The summed E-state index contributed by atoms with van der Waals surface area (Å²) < 4.78 is 0.848. The van der Waals surface area contributed by atoms with Crippen LogP contribution >= 0.6 is 15.9 Å². The summed E-state index contributed by atoms with van der Waals surface area (Å²) in [4.78, 5) is 10.6. The van der Waals surface area contributed by atoms with Gasteiger partial charge in [-0.1, -0.05) is 6.07 Å². The molecular formula is C13H15BrN4. The number of pyridine rings is 2. The van der Waals surface area contributed by atoms with Crippen molar-refractivity contribution >= 4 is 27.3 Å². The number of nitrogens with one attached hydrogen (secondary N) is 1. The smallest absolute Gasteiger partial charge is 0.106 e. The van der Waals surface area contributed by atoms with Crippen LogP contribution in [0, 0.1) is 0 Å². The van der Waals surface area contributed by atoms with E-state index in [0.29, 0.717) is 6.54 Å². The molecule has 2 aromatic rings. The number of aromatic nitrogens is 2. The molecule has 0 amide bonds. The monoisotopic (exact) mass is 306 g/mol. The van der Waals surface area contributed by atoms with Crippen LogP contribution in [-0.4, -0.2) is 24.1 Å². The van der Waals surface area contributed by atoms with Crippen LogP contribution in [-0.2, 0) is 6.54 Å². The van der Waals surface area contributed by atoms with E-state index in [-0.39, 0.29) is 0 Å². The van der Waals surface area contributed by atoms with Crippen LogP contribution < -0.4 is 10.2 Å². The molecule has 0 saturated heterocycles. The van der Waals surface area contributed by atoms with Crippen LogP contribution in [0.3, 0.4) is 0 Å². The highest BCUT2D eigenvalue weighted by atomic mass is 79.9. The molecular weight excluding hydrogens is 292 g/mol. The van der Waals surface area contributed by atoms with Crippen molar-refractivity contribution in [2.24, 2.45) is 0 Å². The van der Waals surface area contributed by atoms with Crippen molar-refractivity contribution in [2.75, 3.05) is 24.3 Å². The van der Waals surface area contributed by atoms with E-state index >= 15 is 0 Å². The highest BCUT2D eigenvalue weighted by Crippen LogP contribution is 2.22. The molecule has 0 aromatic carbocycles. The van der Waals surface area contributed by atoms with Gasteiger partial charge in [-0.15, -0.1) is 0 Å². The first-order chi connectivity index (χ1) is 8.66. The van der Waals surface area contributed by atoms with Gasteiger partial charge in [0, 0.05) is 20.3 Å². The summed E-state index contributed by atoms with van der Waals surface area (Å²) in [6.45, 7) is 0.673. The van der Waals surface area contributed by atoms with E-state index in [9.17, 15) is 0 Å². The Kier molecular flexibility index (Phi) is 4.15. The first kappa shape index (κ1) is 12.8. The molecule has 0 spiro atoms. The predicted octanol–water partition coefficient (Wildman–Crippen LogP) is 2.92. The zero-order valence-electron chi connectivity index (χ0n) is 10.4. The maximum absolute atomic E-state index is 4.38. The van der Waals surface area contributed by atoms with E-state index in [1.54, 1.807) is 6.20 Å². The number of halogens is 1. The second kappa shape index (κ2) is 5.82. The van der Waals surface area contributed by atoms with Crippen molar-refractivity contribution < 1.29 is 0 Å². The predicted molar refractivity (Wildman–Crippen MR) is 77.8 cm³/mol. The Morgan fingerprint density at radius 2 is 2.11 bits per heavy atom. The van der Waals surface area contributed by atoms with Gasteiger partial charge in [0.2, 0.25) is 0 Å². The van der Waals surface area contributed by atoms with E-state index in [2.05, 4.69) is 36.1 Å². The number of rotatable bonds is 4. The molecule has 2 aromatic heterocycles. The van der Waals surface area contributed by atoms with Gasteiger partial charge in [0.15, 0.2) is 0 Å². The average molecular weight is 307 g/mol. The summed E-state index contributed by atoms with van der Waals surface area (Å²) in [6.07, 6.45) is 3.62. The molecule has 5 heteroatoms. The molecule has 0 unspecified atom stereocenters. The van der Waals surface area contributed by atoms with Crippen molar-refractivity contribution in [3.05, 3.63) is 47.0 Å². The van der Waals surface area contributed by atoms with E-state index in [1.807, 2.05) is 44.6 Å². The number of hydrogen-bond acceptors (Lipinski definition) is 4. The van der Waals surface area contributed by atoms with Gasteiger partial charge in [-0.05, 0) is 34.1 Å². The lowest BCUT2D eigenvalue weighted by Crippen LogP contribution is -2.12. The Bertz CT molecular complexity index is 528. The van der Waals surface area contributed by atoms with Crippen molar-refractivity contribution in [2.45, 2.75) is 6.54 Å². The summed E-state index contributed by atoms with van der Waals surface area (Å²) in [5, 5.41) is 3.35. The Morgan fingerprint density at radius 1 is 1.28 bits per heavy atom. The van der Waals surface area contributed by atoms with Crippen molar-refractivity contribution in [3.8, 4) is 0 Å². The van der Waals surface area contributed by atoms with Crippen LogP contribution in [0.15, 0.2) is 41.3 Å². The molecule has 1 N–H and O–H groups in total. The van der Waals surface area contributed by atoms with Crippen LogP contribution in [0.4, 0.5) is 11.4 Å². The topological polar surface area (TPSA) is 41.1 Å². The molecule has 0 atom stereocenters. The van der Waals surface area contributed by atoms with Gasteiger partial charge in [0.25, 0.3) is 0 Å². The number of nitrogens with zero attached hydrogens (tertiary/aromatic N) is 3. The highest BCUT2D eigenvalue weighted by Gasteiger charge is 2.04. The van der Waals surface area contributed by atoms with Gasteiger partial charge in [-0.25, -0.2) is 4.98 Å². The summed E-state index contributed by atoms with van der Waals surface area (Å²) in [6, 6.07) is 7.86.